The zero-order valence-electron chi connectivity index (χ0n) is 17.5. The molecule has 0 atom stereocenters. The van der Waals surface area contributed by atoms with Gasteiger partial charge in [-0.1, -0.05) is 0 Å². The van der Waals surface area contributed by atoms with E-state index in [1.165, 1.54) is 16.8 Å². The Balaban J connectivity index is 1.72. The van der Waals surface area contributed by atoms with Gasteiger partial charge in [0.2, 0.25) is 0 Å². The van der Waals surface area contributed by atoms with Crippen molar-refractivity contribution in [3.63, 3.8) is 0 Å². The lowest BCUT2D eigenvalue weighted by molar-refractivity contribution is 0.585. The molecule has 4 heterocycles. The van der Waals surface area contributed by atoms with Gasteiger partial charge in [0, 0.05) is 35.3 Å². The molecular weight excluding hydrogens is 412 g/mol. The van der Waals surface area contributed by atoms with Crippen LogP contribution >= 0.6 is 0 Å². The molecular formula is C23H17F2N7. The van der Waals surface area contributed by atoms with Crippen molar-refractivity contribution in [2.24, 2.45) is 0 Å². The Kier molecular flexibility index (Phi) is 4.66. The number of aromatic nitrogens is 7. The van der Waals surface area contributed by atoms with Crippen LogP contribution in [0.4, 0.5) is 8.78 Å². The monoisotopic (exact) mass is 429 g/mol. The zero-order chi connectivity index (χ0) is 22.4. The van der Waals surface area contributed by atoms with E-state index in [4.69, 9.17) is 0 Å². The first-order valence-corrected chi connectivity index (χ1v) is 9.85. The second-order valence-electron chi connectivity index (χ2n) is 7.42. The zero-order valence-corrected chi connectivity index (χ0v) is 17.5. The topological polar surface area (TPSA) is 82.3 Å². The van der Waals surface area contributed by atoms with E-state index in [0.717, 1.165) is 22.9 Å². The highest BCUT2D eigenvalue weighted by Crippen LogP contribution is 2.29. The number of rotatable bonds is 3. The summed E-state index contributed by atoms with van der Waals surface area (Å²) in [7, 11) is 0. The quantitative estimate of drug-likeness (QED) is 0.419. The first-order chi connectivity index (χ1) is 15.4. The largest absolute Gasteiger partial charge is 0.262 e. The van der Waals surface area contributed by atoms with Gasteiger partial charge in [-0.2, -0.15) is 10.1 Å². The summed E-state index contributed by atoms with van der Waals surface area (Å²) in [5.41, 5.74) is 5.00. The molecule has 0 spiro atoms. The van der Waals surface area contributed by atoms with E-state index in [1.807, 2.05) is 26.0 Å². The second kappa shape index (κ2) is 7.52. The molecule has 0 aliphatic heterocycles. The van der Waals surface area contributed by atoms with Crippen molar-refractivity contribution >= 4 is 11.2 Å². The molecule has 32 heavy (non-hydrogen) atoms. The highest BCUT2D eigenvalue weighted by Gasteiger charge is 2.18. The summed E-state index contributed by atoms with van der Waals surface area (Å²) in [6, 6.07) is 7.15. The summed E-state index contributed by atoms with van der Waals surface area (Å²) in [4.78, 5) is 22.3. The molecule has 7 nitrogen and oxygen atoms in total. The molecule has 0 amide bonds. The lowest BCUT2D eigenvalue weighted by Gasteiger charge is -2.10. The number of benzene rings is 1. The summed E-state index contributed by atoms with van der Waals surface area (Å²) in [6.07, 6.45) is 5.19. The fourth-order valence-electron chi connectivity index (χ4n) is 3.38. The third-order valence-electron chi connectivity index (χ3n) is 5.13. The summed E-state index contributed by atoms with van der Waals surface area (Å²) < 4.78 is 29.7. The van der Waals surface area contributed by atoms with Crippen LogP contribution < -0.4 is 0 Å². The molecule has 0 unspecified atom stereocenters. The van der Waals surface area contributed by atoms with Crippen LogP contribution in [0.5, 0.6) is 0 Å². The minimum absolute atomic E-state index is 0.106. The molecule has 0 fully saturated rings. The molecule has 5 aromatic rings. The molecule has 0 saturated heterocycles. The van der Waals surface area contributed by atoms with E-state index in [-0.39, 0.29) is 17.2 Å². The summed E-state index contributed by atoms with van der Waals surface area (Å²) in [6.45, 7) is 5.53. The van der Waals surface area contributed by atoms with Gasteiger partial charge in [0.15, 0.2) is 5.65 Å². The van der Waals surface area contributed by atoms with Crippen molar-refractivity contribution in [1.29, 1.82) is 0 Å². The van der Waals surface area contributed by atoms with Crippen LogP contribution in [0.3, 0.4) is 0 Å². The van der Waals surface area contributed by atoms with E-state index in [2.05, 4.69) is 30.0 Å². The highest BCUT2D eigenvalue weighted by atomic mass is 19.1. The molecule has 5 rings (SSSR count). The number of fused-ring (bicyclic) bond motifs is 1. The molecule has 0 bridgehead atoms. The maximum Gasteiger partial charge on any atom is 0.253 e. The average Bonchev–Trinajstić information content (AvgIpc) is 3.25. The third-order valence-corrected chi connectivity index (χ3v) is 5.13. The Morgan fingerprint density at radius 1 is 0.844 bits per heavy atom. The maximum absolute atomic E-state index is 14.7. The van der Waals surface area contributed by atoms with Crippen LogP contribution in [0.15, 0.2) is 48.9 Å². The van der Waals surface area contributed by atoms with E-state index in [0.29, 0.717) is 22.6 Å². The Morgan fingerprint density at radius 3 is 2.44 bits per heavy atom. The fraction of sp³-hybridized carbons (Fsp3) is 0.130. The number of hydrogen-bond donors (Lipinski definition) is 0. The van der Waals surface area contributed by atoms with Crippen molar-refractivity contribution in [3.05, 3.63) is 77.6 Å². The Bertz CT molecular complexity index is 1490. The summed E-state index contributed by atoms with van der Waals surface area (Å²) in [5, 5.41) is 4.38. The lowest BCUT2D eigenvalue weighted by atomic mass is 10.1. The summed E-state index contributed by atoms with van der Waals surface area (Å²) in [5.74, 6) is -1.22. The Hall–Kier alpha value is -4.14. The van der Waals surface area contributed by atoms with Crippen molar-refractivity contribution in [3.8, 4) is 28.3 Å². The van der Waals surface area contributed by atoms with E-state index in [9.17, 15) is 8.78 Å². The second-order valence-corrected chi connectivity index (χ2v) is 7.42. The molecule has 0 N–H and O–H groups in total. The average molecular weight is 429 g/mol. The van der Waals surface area contributed by atoms with Crippen molar-refractivity contribution < 1.29 is 8.78 Å². The van der Waals surface area contributed by atoms with Gasteiger partial charge in [0.1, 0.15) is 22.8 Å². The molecule has 0 radical (unpaired) electrons. The van der Waals surface area contributed by atoms with Gasteiger partial charge in [0.25, 0.3) is 5.95 Å². The smallest absolute Gasteiger partial charge is 0.253 e. The molecule has 4 aromatic heterocycles. The SMILES string of the molecule is Cc1cc(-c2cnn(-c3nc(-c4ccc(F)cc4F)c4nc(C)c(C)nc4n3)c2)ccn1. The number of aryl methyl sites for hydroxylation is 3. The highest BCUT2D eigenvalue weighted by molar-refractivity contribution is 5.87. The van der Waals surface area contributed by atoms with Crippen LogP contribution in [0.2, 0.25) is 0 Å². The Morgan fingerprint density at radius 2 is 1.66 bits per heavy atom. The molecule has 9 heteroatoms. The van der Waals surface area contributed by atoms with Gasteiger partial charge in [-0.3, -0.25) is 4.98 Å². The van der Waals surface area contributed by atoms with Gasteiger partial charge in [0.05, 0.1) is 17.6 Å². The van der Waals surface area contributed by atoms with E-state index < -0.39 is 11.6 Å². The van der Waals surface area contributed by atoms with Crippen LogP contribution in [-0.2, 0) is 0 Å². The van der Waals surface area contributed by atoms with Crippen LogP contribution in [0.25, 0.3) is 39.5 Å². The number of halogens is 2. The molecule has 0 aliphatic carbocycles. The normalized spacial score (nSPS) is 11.3. The molecule has 158 valence electrons. The van der Waals surface area contributed by atoms with Gasteiger partial charge in [-0.05, 0) is 50.6 Å². The number of nitrogens with zero attached hydrogens (tertiary/aromatic N) is 7. The van der Waals surface area contributed by atoms with Crippen LogP contribution in [0.1, 0.15) is 17.1 Å². The van der Waals surface area contributed by atoms with Crippen LogP contribution in [0, 0.1) is 32.4 Å². The van der Waals surface area contributed by atoms with Crippen LogP contribution in [-0.4, -0.2) is 34.7 Å². The Labute approximate surface area is 181 Å². The van der Waals surface area contributed by atoms with Crippen molar-refractivity contribution in [1.82, 2.24) is 34.7 Å². The predicted molar refractivity (Wildman–Crippen MR) is 115 cm³/mol. The minimum atomic E-state index is -0.746. The lowest BCUT2D eigenvalue weighted by Crippen LogP contribution is -2.07. The maximum atomic E-state index is 14.7. The van der Waals surface area contributed by atoms with Gasteiger partial charge in [-0.25, -0.2) is 28.4 Å². The van der Waals surface area contributed by atoms with E-state index >= 15 is 0 Å². The minimum Gasteiger partial charge on any atom is -0.262 e. The first kappa shape index (κ1) is 19.8. The van der Waals surface area contributed by atoms with E-state index in [1.54, 1.807) is 25.5 Å². The first-order valence-electron chi connectivity index (χ1n) is 9.85. The van der Waals surface area contributed by atoms with Crippen molar-refractivity contribution in [2.45, 2.75) is 20.8 Å². The van der Waals surface area contributed by atoms with Crippen molar-refractivity contribution in [2.75, 3.05) is 0 Å². The fourth-order valence-corrected chi connectivity index (χ4v) is 3.38. The van der Waals surface area contributed by atoms with Gasteiger partial charge >= 0.3 is 0 Å². The predicted octanol–water partition coefficient (Wildman–Crippen LogP) is 4.54. The molecule has 0 saturated carbocycles. The number of pyridine rings is 1. The third kappa shape index (κ3) is 3.47. The van der Waals surface area contributed by atoms with Gasteiger partial charge < -0.3 is 0 Å². The number of hydrogen-bond acceptors (Lipinski definition) is 6. The molecule has 0 aliphatic rings. The molecule has 1 aromatic carbocycles. The standard InChI is InChI=1S/C23H17F2N7/c1-12-8-15(6-7-26-12)16-10-27-32(11-16)23-30-20(18-5-4-17(24)9-19(18)25)21-22(31-23)29-14(3)13(2)28-21/h4-11H,1-3H3. The van der Waals surface area contributed by atoms with Gasteiger partial charge in [-0.15, -0.1) is 0 Å². The summed E-state index contributed by atoms with van der Waals surface area (Å²) >= 11 is 0.